The number of nitrogens with two attached hydrogens (primary N) is 1. The van der Waals surface area contributed by atoms with Crippen molar-refractivity contribution >= 4 is 11.9 Å². The van der Waals surface area contributed by atoms with Gasteiger partial charge in [-0.3, -0.25) is 4.79 Å². The summed E-state index contributed by atoms with van der Waals surface area (Å²) >= 11 is 0. The first-order valence-electron chi connectivity index (χ1n) is 8.91. The van der Waals surface area contributed by atoms with E-state index in [4.69, 9.17) is 15.2 Å². The van der Waals surface area contributed by atoms with E-state index in [9.17, 15) is 9.59 Å². The van der Waals surface area contributed by atoms with Crippen LogP contribution in [0.1, 0.15) is 16.8 Å². The summed E-state index contributed by atoms with van der Waals surface area (Å²) in [5.41, 5.74) is 5.68. The van der Waals surface area contributed by atoms with Crippen molar-refractivity contribution in [2.45, 2.75) is 18.6 Å². The molecule has 142 valence electrons. The molecule has 26 heavy (non-hydrogen) atoms. The molecule has 0 saturated carbocycles. The first-order chi connectivity index (χ1) is 12.5. The predicted octanol–water partition coefficient (Wildman–Crippen LogP) is 0.279. The van der Waals surface area contributed by atoms with E-state index < -0.39 is 5.91 Å². The maximum Gasteiger partial charge on any atom is 0.317 e. The smallest absolute Gasteiger partial charge is 0.317 e. The molecule has 1 aromatic carbocycles. The summed E-state index contributed by atoms with van der Waals surface area (Å²) < 4.78 is 11.5. The lowest BCUT2D eigenvalue weighted by Crippen LogP contribution is -2.57. The molecule has 2 atom stereocenters. The molecule has 2 heterocycles. The molecule has 2 saturated heterocycles. The van der Waals surface area contributed by atoms with Crippen LogP contribution in [-0.2, 0) is 4.74 Å². The van der Waals surface area contributed by atoms with E-state index in [0.29, 0.717) is 30.9 Å². The van der Waals surface area contributed by atoms with Gasteiger partial charge in [0, 0.05) is 38.3 Å². The fourth-order valence-corrected chi connectivity index (χ4v) is 3.13. The van der Waals surface area contributed by atoms with Gasteiger partial charge in [0.05, 0.1) is 12.6 Å². The zero-order chi connectivity index (χ0) is 18.5. The number of likely N-dealkylation sites (N-methyl/N-ethyl adjacent to an activating group) is 1. The van der Waals surface area contributed by atoms with Crippen molar-refractivity contribution in [1.82, 2.24) is 15.1 Å². The van der Waals surface area contributed by atoms with Gasteiger partial charge in [0.1, 0.15) is 11.9 Å². The molecule has 2 aliphatic heterocycles. The van der Waals surface area contributed by atoms with Gasteiger partial charge in [-0.25, -0.2) is 4.79 Å². The minimum absolute atomic E-state index is 0.0531. The van der Waals surface area contributed by atoms with Crippen LogP contribution in [0, 0.1) is 0 Å². The summed E-state index contributed by atoms with van der Waals surface area (Å²) in [5.74, 6) is 0.138. The second-order valence-corrected chi connectivity index (χ2v) is 6.75. The van der Waals surface area contributed by atoms with E-state index in [1.807, 2.05) is 4.90 Å². The fourth-order valence-electron chi connectivity index (χ4n) is 3.13. The van der Waals surface area contributed by atoms with Crippen LogP contribution in [0.4, 0.5) is 4.79 Å². The first kappa shape index (κ1) is 18.5. The second-order valence-electron chi connectivity index (χ2n) is 6.75. The quantitative estimate of drug-likeness (QED) is 0.802. The molecule has 0 aliphatic carbocycles. The molecule has 0 spiro atoms. The van der Waals surface area contributed by atoms with Crippen LogP contribution in [-0.4, -0.2) is 80.3 Å². The van der Waals surface area contributed by atoms with E-state index in [0.717, 1.165) is 26.2 Å². The van der Waals surface area contributed by atoms with Gasteiger partial charge in [0.2, 0.25) is 5.91 Å². The van der Waals surface area contributed by atoms with Crippen molar-refractivity contribution in [3.05, 3.63) is 29.8 Å². The number of nitrogens with zero attached hydrogens (tertiary/aromatic N) is 2. The number of benzene rings is 1. The molecule has 0 unspecified atom stereocenters. The predicted molar refractivity (Wildman–Crippen MR) is 96.2 cm³/mol. The van der Waals surface area contributed by atoms with Crippen molar-refractivity contribution in [2.24, 2.45) is 5.73 Å². The summed E-state index contributed by atoms with van der Waals surface area (Å²) in [6.45, 7) is 4.22. The third kappa shape index (κ3) is 4.64. The number of hydrogen-bond acceptors (Lipinski definition) is 5. The number of rotatable bonds is 4. The van der Waals surface area contributed by atoms with E-state index in [1.165, 1.54) is 0 Å². The minimum atomic E-state index is -0.477. The number of carbonyl (C=O) groups is 2. The Bertz CT molecular complexity index is 629. The zero-order valence-corrected chi connectivity index (χ0v) is 15.0. The monoisotopic (exact) mass is 362 g/mol. The summed E-state index contributed by atoms with van der Waals surface area (Å²) in [4.78, 5) is 27.7. The average molecular weight is 362 g/mol. The van der Waals surface area contributed by atoms with Crippen molar-refractivity contribution in [1.29, 1.82) is 0 Å². The molecule has 3 N–H and O–H groups in total. The van der Waals surface area contributed by atoms with E-state index >= 15 is 0 Å². The minimum Gasteiger partial charge on any atom is -0.486 e. The Hall–Kier alpha value is -2.32. The summed E-state index contributed by atoms with van der Waals surface area (Å²) in [7, 11) is 2.06. The van der Waals surface area contributed by atoms with Crippen molar-refractivity contribution < 1.29 is 19.1 Å². The maximum absolute atomic E-state index is 12.5. The molecular weight excluding hydrogens is 336 g/mol. The molecule has 3 amide bonds. The summed E-state index contributed by atoms with van der Waals surface area (Å²) in [6.07, 6.45) is 0.420. The standard InChI is InChI=1S/C18H26N4O4/c1-21-7-9-22(10-8-21)18(24)20-15-6-11-25-12-16(15)26-14-4-2-13(3-5-14)17(19)23/h2-5,15-16H,6-12H2,1H3,(H2,19,23)(H,20,24)/t15-,16-/m1/s1. The summed E-state index contributed by atoms with van der Waals surface area (Å²) in [5, 5.41) is 3.09. The van der Waals surface area contributed by atoms with Crippen LogP contribution in [0.2, 0.25) is 0 Å². The molecule has 0 aromatic heterocycles. The van der Waals surface area contributed by atoms with E-state index in [2.05, 4.69) is 17.3 Å². The van der Waals surface area contributed by atoms with Crippen molar-refractivity contribution in [3.63, 3.8) is 0 Å². The molecule has 3 rings (SSSR count). The van der Waals surface area contributed by atoms with Gasteiger partial charge in [-0.1, -0.05) is 0 Å². The maximum atomic E-state index is 12.5. The van der Waals surface area contributed by atoms with Crippen LogP contribution in [0.5, 0.6) is 5.75 Å². The van der Waals surface area contributed by atoms with Gasteiger partial charge in [0.25, 0.3) is 0 Å². The molecule has 2 aliphatic rings. The van der Waals surface area contributed by atoms with Crippen LogP contribution in [0.25, 0.3) is 0 Å². The Balaban J connectivity index is 1.58. The Kier molecular flexibility index (Phi) is 5.95. The van der Waals surface area contributed by atoms with Gasteiger partial charge in [-0.15, -0.1) is 0 Å². The lowest BCUT2D eigenvalue weighted by atomic mass is 10.1. The topological polar surface area (TPSA) is 97.1 Å². The number of piperazine rings is 1. The SMILES string of the molecule is CN1CCN(C(=O)N[C@@H]2CCOC[C@H]2Oc2ccc(C(N)=O)cc2)CC1. The van der Waals surface area contributed by atoms with Crippen LogP contribution < -0.4 is 15.8 Å². The largest absolute Gasteiger partial charge is 0.486 e. The highest BCUT2D eigenvalue weighted by Gasteiger charge is 2.31. The number of hydrogen-bond donors (Lipinski definition) is 2. The van der Waals surface area contributed by atoms with E-state index in [1.54, 1.807) is 24.3 Å². The van der Waals surface area contributed by atoms with Gasteiger partial charge in [-0.2, -0.15) is 0 Å². The molecule has 0 bridgehead atoms. The number of ether oxygens (including phenoxy) is 2. The third-order valence-corrected chi connectivity index (χ3v) is 4.83. The highest BCUT2D eigenvalue weighted by molar-refractivity contribution is 5.92. The molecular formula is C18H26N4O4. The van der Waals surface area contributed by atoms with Gasteiger partial charge in [-0.05, 0) is 37.7 Å². The van der Waals surface area contributed by atoms with Crippen LogP contribution in [0.15, 0.2) is 24.3 Å². The highest BCUT2D eigenvalue weighted by Crippen LogP contribution is 2.19. The number of urea groups is 1. The molecule has 1 aromatic rings. The Labute approximate surface area is 153 Å². The third-order valence-electron chi connectivity index (χ3n) is 4.83. The normalized spacial score (nSPS) is 24.1. The van der Waals surface area contributed by atoms with Crippen molar-refractivity contribution in [3.8, 4) is 5.75 Å². The summed E-state index contributed by atoms with van der Waals surface area (Å²) in [6, 6.07) is 6.48. The lowest BCUT2D eigenvalue weighted by molar-refractivity contribution is -0.0132. The first-order valence-corrected chi connectivity index (χ1v) is 8.91. The molecule has 8 nitrogen and oxygen atoms in total. The Morgan fingerprint density at radius 3 is 2.54 bits per heavy atom. The zero-order valence-electron chi connectivity index (χ0n) is 15.0. The van der Waals surface area contributed by atoms with Crippen LogP contribution in [0.3, 0.4) is 0 Å². The molecule has 0 radical (unpaired) electrons. The fraction of sp³-hybridized carbons (Fsp3) is 0.556. The number of amides is 3. The lowest BCUT2D eigenvalue weighted by Gasteiger charge is -2.36. The number of primary amides is 1. The van der Waals surface area contributed by atoms with Gasteiger partial charge in [0.15, 0.2) is 0 Å². The average Bonchev–Trinajstić information content (AvgIpc) is 2.64. The van der Waals surface area contributed by atoms with Gasteiger partial charge >= 0.3 is 6.03 Å². The second kappa shape index (κ2) is 8.37. The highest BCUT2D eigenvalue weighted by atomic mass is 16.5. The van der Waals surface area contributed by atoms with Crippen molar-refractivity contribution in [2.75, 3.05) is 46.4 Å². The van der Waals surface area contributed by atoms with Crippen LogP contribution >= 0.6 is 0 Å². The van der Waals surface area contributed by atoms with Gasteiger partial charge < -0.3 is 30.3 Å². The van der Waals surface area contributed by atoms with E-state index in [-0.39, 0.29) is 18.2 Å². The number of carbonyl (C=O) groups excluding carboxylic acids is 2. The molecule has 8 heteroatoms. The number of nitrogens with one attached hydrogen (secondary N) is 1. The Morgan fingerprint density at radius 1 is 1.19 bits per heavy atom. The molecule has 2 fully saturated rings. The Morgan fingerprint density at radius 2 is 1.88 bits per heavy atom.